The molecule has 1 aliphatic rings. The highest BCUT2D eigenvalue weighted by atomic mass is 16.2. The first-order valence-electron chi connectivity index (χ1n) is 5.79. The monoisotopic (exact) mass is 241 g/mol. The predicted octanol–water partition coefficient (Wildman–Crippen LogP) is -0.765. The Labute approximate surface area is 101 Å². The molecule has 3 amide bonds. The van der Waals surface area contributed by atoms with Gasteiger partial charge in [0, 0.05) is 6.42 Å². The van der Waals surface area contributed by atoms with Crippen molar-refractivity contribution in [2.24, 2.45) is 11.7 Å². The summed E-state index contributed by atoms with van der Waals surface area (Å²) < 4.78 is 0. The summed E-state index contributed by atoms with van der Waals surface area (Å²) in [6, 6.07) is -0.576. The molecule has 96 valence electrons. The van der Waals surface area contributed by atoms with Gasteiger partial charge in [0.1, 0.15) is 12.6 Å². The lowest BCUT2D eigenvalue weighted by Crippen LogP contribution is -2.58. The van der Waals surface area contributed by atoms with Gasteiger partial charge < -0.3 is 10.6 Å². The first-order chi connectivity index (χ1) is 7.95. The van der Waals surface area contributed by atoms with E-state index in [9.17, 15) is 14.4 Å². The SMILES string of the molecule is CC(CN)CCC(=O)N1CC(=O)NC(=O)C1C. The first kappa shape index (κ1) is 13.6. The van der Waals surface area contributed by atoms with Crippen molar-refractivity contribution in [3.05, 3.63) is 0 Å². The molecule has 0 aromatic heterocycles. The van der Waals surface area contributed by atoms with Crippen LogP contribution in [0.3, 0.4) is 0 Å². The zero-order chi connectivity index (χ0) is 13.0. The molecule has 1 fully saturated rings. The summed E-state index contributed by atoms with van der Waals surface area (Å²) in [6.45, 7) is 4.07. The van der Waals surface area contributed by atoms with Crippen LogP contribution in [0.4, 0.5) is 0 Å². The number of rotatable bonds is 4. The van der Waals surface area contributed by atoms with Crippen LogP contribution in [-0.2, 0) is 14.4 Å². The molecule has 0 aliphatic carbocycles. The van der Waals surface area contributed by atoms with Crippen molar-refractivity contribution in [2.45, 2.75) is 32.7 Å². The molecule has 0 aromatic carbocycles. The Morgan fingerprint density at radius 2 is 2.24 bits per heavy atom. The van der Waals surface area contributed by atoms with Crippen LogP contribution in [0.1, 0.15) is 26.7 Å². The topological polar surface area (TPSA) is 92.5 Å². The molecule has 1 saturated heterocycles. The maximum Gasteiger partial charge on any atom is 0.249 e. The number of nitrogens with zero attached hydrogens (tertiary/aromatic N) is 1. The maximum absolute atomic E-state index is 11.9. The van der Waals surface area contributed by atoms with Crippen LogP contribution in [0.2, 0.25) is 0 Å². The second-order valence-electron chi connectivity index (χ2n) is 4.49. The summed E-state index contributed by atoms with van der Waals surface area (Å²) >= 11 is 0. The summed E-state index contributed by atoms with van der Waals surface area (Å²) in [6.07, 6.45) is 0.998. The smallest absolute Gasteiger partial charge is 0.249 e. The van der Waals surface area contributed by atoms with Crippen LogP contribution in [-0.4, -0.2) is 41.8 Å². The van der Waals surface area contributed by atoms with Crippen molar-refractivity contribution in [3.8, 4) is 0 Å². The van der Waals surface area contributed by atoms with Gasteiger partial charge >= 0.3 is 0 Å². The lowest BCUT2D eigenvalue weighted by Gasteiger charge is -2.31. The molecule has 2 unspecified atom stereocenters. The van der Waals surface area contributed by atoms with Crippen molar-refractivity contribution in [2.75, 3.05) is 13.1 Å². The number of hydrogen-bond donors (Lipinski definition) is 2. The van der Waals surface area contributed by atoms with Crippen LogP contribution in [0.15, 0.2) is 0 Å². The van der Waals surface area contributed by atoms with E-state index in [0.717, 1.165) is 0 Å². The van der Waals surface area contributed by atoms with E-state index in [1.807, 2.05) is 6.92 Å². The van der Waals surface area contributed by atoms with Gasteiger partial charge in [-0.05, 0) is 25.8 Å². The van der Waals surface area contributed by atoms with Gasteiger partial charge in [-0.15, -0.1) is 0 Å². The Morgan fingerprint density at radius 1 is 1.59 bits per heavy atom. The minimum Gasteiger partial charge on any atom is -0.330 e. The lowest BCUT2D eigenvalue weighted by molar-refractivity contribution is -0.149. The van der Waals surface area contributed by atoms with Crippen LogP contribution < -0.4 is 11.1 Å². The molecule has 0 radical (unpaired) electrons. The van der Waals surface area contributed by atoms with E-state index in [2.05, 4.69) is 5.32 Å². The second kappa shape index (κ2) is 5.77. The van der Waals surface area contributed by atoms with E-state index in [1.165, 1.54) is 4.90 Å². The van der Waals surface area contributed by atoms with Crippen LogP contribution in [0.5, 0.6) is 0 Å². The molecule has 0 bridgehead atoms. The largest absolute Gasteiger partial charge is 0.330 e. The van der Waals surface area contributed by atoms with Gasteiger partial charge in [-0.25, -0.2) is 0 Å². The summed E-state index contributed by atoms with van der Waals surface area (Å²) in [5, 5.41) is 2.20. The zero-order valence-corrected chi connectivity index (χ0v) is 10.2. The van der Waals surface area contributed by atoms with Crippen molar-refractivity contribution in [1.29, 1.82) is 0 Å². The number of carbonyl (C=O) groups excluding carboxylic acids is 3. The number of piperazine rings is 1. The van der Waals surface area contributed by atoms with Gasteiger partial charge in [-0.3, -0.25) is 19.7 Å². The van der Waals surface area contributed by atoms with E-state index in [1.54, 1.807) is 6.92 Å². The van der Waals surface area contributed by atoms with Crippen molar-refractivity contribution in [3.63, 3.8) is 0 Å². The number of nitrogens with one attached hydrogen (secondary N) is 1. The third kappa shape index (κ3) is 3.52. The molecule has 3 N–H and O–H groups in total. The Hall–Kier alpha value is -1.43. The molecular formula is C11H19N3O3. The number of carbonyl (C=O) groups is 3. The molecule has 6 heteroatoms. The second-order valence-corrected chi connectivity index (χ2v) is 4.49. The van der Waals surface area contributed by atoms with E-state index < -0.39 is 17.9 Å². The highest BCUT2D eigenvalue weighted by Gasteiger charge is 2.33. The van der Waals surface area contributed by atoms with Crippen molar-refractivity contribution < 1.29 is 14.4 Å². The normalized spacial score (nSPS) is 22.3. The van der Waals surface area contributed by atoms with Gasteiger partial charge in [0.05, 0.1) is 0 Å². The average molecular weight is 241 g/mol. The van der Waals surface area contributed by atoms with E-state index in [-0.39, 0.29) is 18.4 Å². The zero-order valence-electron chi connectivity index (χ0n) is 10.2. The fourth-order valence-electron chi connectivity index (χ4n) is 1.65. The summed E-state index contributed by atoms with van der Waals surface area (Å²) in [7, 11) is 0. The first-order valence-corrected chi connectivity index (χ1v) is 5.79. The highest BCUT2D eigenvalue weighted by Crippen LogP contribution is 2.11. The van der Waals surface area contributed by atoms with Crippen LogP contribution in [0.25, 0.3) is 0 Å². The van der Waals surface area contributed by atoms with Gasteiger partial charge in [-0.2, -0.15) is 0 Å². The van der Waals surface area contributed by atoms with Crippen LogP contribution >= 0.6 is 0 Å². The molecule has 0 aromatic rings. The predicted molar refractivity (Wildman–Crippen MR) is 61.8 cm³/mol. The molecule has 2 atom stereocenters. The fourth-order valence-corrected chi connectivity index (χ4v) is 1.65. The molecule has 0 spiro atoms. The van der Waals surface area contributed by atoms with Gasteiger partial charge in [-0.1, -0.05) is 6.92 Å². The van der Waals surface area contributed by atoms with Crippen molar-refractivity contribution >= 4 is 17.7 Å². The number of imide groups is 1. The molecule has 17 heavy (non-hydrogen) atoms. The molecule has 1 heterocycles. The fraction of sp³-hybridized carbons (Fsp3) is 0.727. The molecule has 1 rings (SSSR count). The Kier molecular flexibility index (Phi) is 4.62. The Balaban J connectivity index is 2.55. The summed E-state index contributed by atoms with van der Waals surface area (Å²) in [5.74, 6) is -0.737. The minimum absolute atomic E-state index is 0.0389. The van der Waals surface area contributed by atoms with Gasteiger partial charge in [0.2, 0.25) is 17.7 Å². The van der Waals surface area contributed by atoms with E-state index in [4.69, 9.17) is 5.73 Å². The maximum atomic E-state index is 11.9. The number of nitrogens with two attached hydrogens (primary N) is 1. The van der Waals surface area contributed by atoms with Crippen molar-refractivity contribution in [1.82, 2.24) is 10.2 Å². The standard InChI is InChI=1S/C11H19N3O3/c1-7(5-12)3-4-10(16)14-6-9(15)13-11(17)8(14)2/h7-8H,3-6,12H2,1-2H3,(H,13,15,17). The molecular weight excluding hydrogens is 222 g/mol. The average Bonchev–Trinajstić information content (AvgIpc) is 2.30. The summed E-state index contributed by atoms with van der Waals surface area (Å²) in [4.78, 5) is 35.7. The molecule has 1 aliphatic heterocycles. The van der Waals surface area contributed by atoms with E-state index >= 15 is 0 Å². The Morgan fingerprint density at radius 3 is 2.82 bits per heavy atom. The Bertz CT molecular complexity index is 330. The lowest BCUT2D eigenvalue weighted by atomic mass is 10.0. The highest BCUT2D eigenvalue weighted by molar-refractivity contribution is 6.04. The third-order valence-corrected chi connectivity index (χ3v) is 3.00. The van der Waals surface area contributed by atoms with E-state index in [0.29, 0.717) is 19.4 Å². The molecule has 0 saturated carbocycles. The third-order valence-electron chi connectivity index (χ3n) is 3.00. The van der Waals surface area contributed by atoms with Crippen LogP contribution in [0, 0.1) is 5.92 Å². The van der Waals surface area contributed by atoms with Gasteiger partial charge in [0.25, 0.3) is 0 Å². The summed E-state index contributed by atoms with van der Waals surface area (Å²) in [5.41, 5.74) is 5.46. The van der Waals surface area contributed by atoms with Gasteiger partial charge in [0.15, 0.2) is 0 Å². The molecule has 6 nitrogen and oxygen atoms in total. The minimum atomic E-state index is -0.576. The number of hydrogen-bond acceptors (Lipinski definition) is 4. The quantitative estimate of drug-likeness (QED) is 0.632. The number of amides is 3.